The van der Waals surface area contributed by atoms with Crippen molar-refractivity contribution in [3.8, 4) is 0 Å². The zero-order valence-corrected chi connectivity index (χ0v) is 22.8. The SMILES string of the molecule is C[C@H](C(=O)NC1CCCCC1)N(Cc1ccc(Cl)cc1Cl)C(=O)CSCc1ccc(Cl)c(Cl)c1. The largest absolute Gasteiger partial charge is 0.352 e. The van der Waals surface area contributed by atoms with Crippen molar-refractivity contribution in [3.05, 3.63) is 67.6 Å². The molecule has 0 aromatic heterocycles. The molecule has 0 bridgehead atoms. The molecule has 0 unspecified atom stereocenters. The highest BCUT2D eigenvalue weighted by atomic mass is 35.5. The lowest BCUT2D eigenvalue weighted by Gasteiger charge is -2.31. The molecule has 1 saturated carbocycles. The maximum Gasteiger partial charge on any atom is 0.242 e. The number of carbonyl (C=O) groups excluding carboxylic acids is 2. The second-order valence-electron chi connectivity index (χ2n) is 8.52. The lowest BCUT2D eigenvalue weighted by atomic mass is 9.95. The number of carbonyl (C=O) groups is 2. The summed E-state index contributed by atoms with van der Waals surface area (Å²) in [5, 5.41) is 5.10. The molecular formula is C25H28Cl4N2O2S. The minimum Gasteiger partial charge on any atom is -0.352 e. The maximum absolute atomic E-state index is 13.3. The molecule has 1 N–H and O–H groups in total. The Kier molecular flexibility index (Phi) is 10.7. The summed E-state index contributed by atoms with van der Waals surface area (Å²) in [7, 11) is 0. The van der Waals surface area contributed by atoms with Gasteiger partial charge in [0.2, 0.25) is 11.8 Å². The average Bonchev–Trinajstić information content (AvgIpc) is 2.81. The average molecular weight is 562 g/mol. The van der Waals surface area contributed by atoms with Crippen molar-refractivity contribution >= 4 is 70.0 Å². The van der Waals surface area contributed by atoms with Crippen LogP contribution in [0.5, 0.6) is 0 Å². The first-order valence-corrected chi connectivity index (χ1v) is 14.0. The van der Waals surface area contributed by atoms with E-state index >= 15 is 0 Å². The zero-order chi connectivity index (χ0) is 24.7. The monoisotopic (exact) mass is 560 g/mol. The van der Waals surface area contributed by atoms with Gasteiger partial charge in [0, 0.05) is 28.4 Å². The lowest BCUT2D eigenvalue weighted by Crippen LogP contribution is -2.50. The summed E-state index contributed by atoms with van der Waals surface area (Å²) in [5.41, 5.74) is 1.72. The fourth-order valence-electron chi connectivity index (χ4n) is 3.95. The number of hydrogen-bond donors (Lipinski definition) is 1. The van der Waals surface area contributed by atoms with Gasteiger partial charge in [0.25, 0.3) is 0 Å². The molecule has 0 spiro atoms. The van der Waals surface area contributed by atoms with E-state index in [-0.39, 0.29) is 30.2 Å². The van der Waals surface area contributed by atoms with Gasteiger partial charge in [-0.2, -0.15) is 0 Å². The number of halogens is 4. The summed E-state index contributed by atoms with van der Waals surface area (Å²) in [4.78, 5) is 27.9. The van der Waals surface area contributed by atoms with Crippen molar-refractivity contribution in [1.82, 2.24) is 10.2 Å². The van der Waals surface area contributed by atoms with Crippen LogP contribution in [0.25, 0.3) is 0 Å². The predicted octanol–water partition coefficient (Wildman–Crippen LogP) is 7.40. The molecule has 0 saturated heterocycles. The quantitative estimate of drug-likeness (QED) is 0.347. The number of nitrogens with one attached hydrogen (secondary N) is 1. The van der Waals surface area contributed by atoms with Crippen LogP contribution in [0.15, 0.2) is 36.4 Å². The second-order valence-corrected chi connectivity index (χ2v) is 11.2. The Bertz CT molecular complexity index is 1010. The van der Waals surface area contributed by atoms with Crippen LogP contribution < -0.4 is 5.32 Å². The fraction of sp³-hybridized carbons (Fsp3) is 0.440. The Labute approximate surface area is 225 Å². The zero-order valence-electron chi connectivity index (χ0n) is 19.0. The van der Waals surface area contributed by atoms with E-state index in [1.165, 1.54) is 18.2 Å². The van der Waals surface area contributed by atoms with Gasteiger partial charge in [-0.25, -0.2) is 0 Å². The molecule has 1 atom stereocenters. The van der Waals surface area contributed by atoms with Crippen LogP contribution in [0.4, 0.5) is 0 Å². The first-order valence-electron chi connectivity index (χ1n) is 11.3. The molecule has 0 heterocycles. The van der Waals surface area contributed by atoms with Crippen LogP contribution in [0.1, 0.15) is 50.2 Å². The van der Waals surface area contributed by atoms with Crippen molar-refractivity contribution in [2.24, 2.45) is 0 Å². The van der Waals surface area contributed by atoms with E-state index < -0.39 is 6.04 Å². The van der Waals surface area contributed by atoms with Crippen LogP contribution in [0.3, 0.4) is 0 Å². The Morgan fingerprint density at radius 1 is 1.00 bits per heavy atom. The van der Waals surface area contributed by atoms with Crippen molar-refractivity contribution in [3.63, 3.8) is 0 Å². The Morgan fingerprint density at radius 2 is 1.74 bits per heavy atom. The van der Waals surface area contributed by atoms with Gasteiger partial charge < -0.3 is 10.2 Å². The van der Waals surface area contributed by atoms with Crippen molar-refractivity contribution < 1.29 is 9.59 Å². The highest BCUT2D eigenvalue weighted by molar-refractivity contribution is 7.99. The van der Waals surface area contributed by atoms with E-state index in [1.54, 1.807) is 42.2 Å². The molecule has 184 valence electrons. The molecule has 9 heteroatoms. The second kappa shape index (κ2) is 13.3. The molecule has 1 fully saturated rings. The van der Waals surface area contributed by atoms with Crippen LogP contribution in [-0.4, -0.2) is 34.6 Å². The maximum atomic E-state index is 13.3. The van der Waals surface area contributed by atoms with E-state index in [4.69, 9.17) is 46.4 Å². The molecule has 2 amide bonds. The van der Waals surface area contributed by atoms with Crippen molar-refractivity contribution in [2.45, 2.75) is 63.4 Å². The predicted molar refractivity (Wildman–Crippen MR) is 144 cm³/mol. The fourth-order valence-corrected chi connectivity index (χ4v) is 5.60. The number of benzene rings is 2. The van der Waals surface area contributed by atoms with Gasteiger partial charge in [0.05, 0.1) is 15.8 Å². The van der Waals surface area contributed by atoms with Crippen LogP contribution >= 0.6 is 58.2 Å². The summed E-state index contributed by atoms with van der Waals surface area (Å²) in [6.07, 6.45) is 5.41. The van der Waals surface area contributed by atoms with Crippen LogP contribution in [-0.2, 0) is 21.9 Å². The summed E-state index contributed by atoms with van der Waals surface area (Å²) in [6, 6.07) is 10.1. The van der Waals surface area contributed by atoms with Crippen LogP contribution in [0.2, 0.25) is 20.1 Å². The molecule has 1 aliphatic carbocycles. The third-order valence-electron chi connectivity index (χ3n) is 5.95. The molecule has 4 nitrogen and oxygen atoms in total. The summed E-state index contributed by atoms with van der Waals surface area (Å²) >= 11 is 26.0. The van der Waals surface area contributed by atoms with Gasteiger partial charge in [-0.05, 0) is 55.2 Å². The Morgan fingerprint density at radius 3 is 2.41 bits per heavy atom. The smallest absolute Gasteiger partial charge is 0.242 e. The van der Waals surface area contributed by atoms with E-state index in [0.29, 0.717) is 25.8 Å². The van der Waals surface area contributed by atoms with Crippen LogP contribution in [0, 0.1) is 0 Å². The standard InChI is InChI=1S/C25H28Cl4N2O2S/c1-16(25(33)30-20-5-3-2-4-6-20)31(13-18-8-9-19(26)12-22(18)28)24(32)15-34-14-17-7-10-21(27)23(29)11-17/h7-12,16,20H,2-6,13-15H2,1H3,(H,30,33)/t16-/m1/s1. The van der Waals surface area contributed by atoms with Gasteiger partial charge in [-0.1, -0.05) is 77.8 Å². The first-order chi connectivity index (χ1) is 16.2. The highest BCUT2D eigenvalue weighted by Crippen LogP contribution is 2.26. The molecule has 2 aromatic carbocycles. The third-order valence-corrected chi connectivity index (χ3v) is 8.27. The molecule has 2 aromatic rings. The Hall–Kier alpha value is -1.11. The van der Waals surface area contributed by atoms with Crippen molar-refractivity contribution in [2.75, 3.05) is 5.75 Å². The Balaban J connectivity index is 1.69. The highest BCUT2D eigenvalue weighted by Gasteiger charge is 2.28. The first kappa shape index (κ1) is 27.5. The normalized spacial score (nSPS) is 15.1. The lowest BCUT2D eigenvalue weighted by molar-refractivity contribution is -0.139. The van der Waals surface area contributed by atoms with E-state index in [0.717, 1.165) is 36.8 Å². The summed E-state index contributed by atoms with van der Waals surface area (Å²) < 4.78 is 0. The molecule has 0 radical (unpaired) electrons. The van der Waals surface area contributed by atoms with E-state index in [1.807, 2.05) is 6.07 Å². The van der Waals surface area contributed by atoms with Gasteiger partial charge in [0.15, 0.2) is 0 Å². The number of thioether (sulfide) groups is 1. The molecule has 34 heavy (non-hydrogen) atoms. The number of hydrogen-bond acceptors (Lipinski definition) is 3. The molecule has 0 aliphatic heterocycles. The molecule has 3 rings (SSSR count). The third kappa shape index (κ3) is 7.96. The van der Waals surface area contributed by atoms with Gasteiger partial charge in [-0.15, -0.1) is 11.8 Å². The van der Waals surface area contributed by atoms with E-state index in [9.17, 15) is 9.59 Å². The minimum atomic E-state index is -0.633. The van der Waals surface area contributed by atoms with Gasteiger partial charge in [-0.3, -0.25) is 9.59 Å². The van der Waals surface area contributed by atoms with Gasteiger partial charge >= 0.3 is 0 Å². The van der Waals surface area contributed by atoms with E-state index in [2.05, 4.69) is 5.32 Å². The minimum absolute atomic E-state index is 0.137. The summed E-state index contributed by atoms with van der Waals surface area (Å²) in [6.45, 7) is 1.99. The summed E-state index contributed by atoms with van der Waals surface area (Å²) in [5.74, 6) is 0.537. The number of rotatable bonds is 9. The van der Waals surface area contributed by atoms with Gasteiger partial charge in [0.1, 0.15) is 6.04 Å². The molecule has 1 aliphatic rings. The van der Waals surface area contributed by atoms with Crippen molar-refractivity contribution in [1.29, 1.82) is 0 Å². The number of amides is 2. The number of nitrogens with zero attached hydrogens (tertiary/aromatic N) is 1. The topological polar surface area (TPSA) is 49.4 Å². The molecular weight excluding hydrogens is 534 g/mol.